The van der Waals surface area contributed by atoms with Crippen molar-refractivity contribution in [2.45, 2.75) is 134 Å². The van der Waals surface area contributed by atoms with E-state index in [0.717, 1.165) is 0 Å². The number of Topliss-reactive ketones (excluding diaryl/α,β-unsaturated/α-hetero) is 1. The first-order chi connectivity index (χ1) is 22.2. The van der Waals surface area contributed by atoms with E-state index in [1.807, 2.05) is 27.7 Å². The average molecular weight is 677 g/mol. The standard InChI is InChI=1S/C35H48O13/c1-12(2)9-18(38)46-28-24-16(45-24)11-34(43)26(40)23(39)19-15(31(28,34)6)10-17(37)30(5)20-13(3)27-35(47-27)32(7,33(8,42)29(41)48-35)22(20)25(21(19)30)44-14(4)36/h12-13,15-17,19-25,27-28,37,39,42-43H,9-11H2,1-8H3/t13-,15?,16-,17-,19?,20-,21+,22-,23+,24-,25+,27+,28-,30+,31-,32-,33+,34-,35-/m0/s1. The van der Waals surface area contributed by atoms with Gasteiger partial charge in [0.25, 0.3) is 0 Å². The minimum absolute atomic E-state index is 0.0136. The highest BCUT2D eigenvalue weighted by Gasteiger charge is 2.93. The van der Waals surface area contributed by atoms with Gasteiger partial charge in [-0.05, 0) is 43.9 Å². The summed E-state index contributed by atoms with van der Waals surface area (Å²) in [7, 11) is 0. The molecule has 0 aromatic carbocycles. The van der Waals surface area contributed by atoms with Crippen LogP contribution in [0.4, 0.5) is 0 Å². The molecule has 1 spiro atoms. The number of hydrogen-bond donors (Lipinski definition) is 4. The lowest BCUT2D eigenvalue weighted by atomic mass is 9.40. The summed E-state index contributed by atoms with van der Waals surface area (Å²) in [5.41, 5.74) is -8.27. The third-order valence-electron chi connectivity index (χ3n) is 15.2. The minimum Gasteiger partial charge on any atom is -0.462 e. The Hall–Kier alpha value is -2.16. The van der Waals surface area contributed by atoms with E-state index in [0.29, 0.717) is 0 Å². The van der Waals surface area contributed by atoms with Crippen LogP contribution >= 0.6 is 0 Å². The van der Waals surface area contributed by atoms with Gasteiger partial charge in [-0.15, -0.1) is 0 Å². The van der Waals surface area contributed by atoms with Crippen LogP contribution in [0.15, 0.2) is 0 Å². The van der Waals surface area contributed by atoms with E-state index in [9.17, 15) is 39.6 Å². The first kappa shape index (κ1) is 33.0. The molecule has 13 nitrogen and oxygen atoms in total. The molecule has 8 rings (SSSR count). The smallest absolute Gasteiger partial charge is 0.341 e. The molecule has 3 saturated heterocycles. The van der Waals surface area contributed by atoms with Gasteiger partial charge >= 0.3 is 17.9 Å². The van der Waals surface area contributed by atoms with Crippen LogP contribution in [0.5, 0.6) is 0 Å². The SMILES string of the molecule is CC(=O)O[C@H]1[C@@H]2[C@H]([C@H](C)[C@H]3O[C@]34OC(=O)[C@@](C)(O)[C@]24C)[C@]2(C)[C@@H]1C1C(C[C@@H]2O)[C@@]2(C)[C@@H](OC(=O)CC(C)C)[C@H]3O[C@H]3C[C@]2(O)C(=O)[C@@H]1O. The predicted molar refractivity (Wildman–Crippen MR) is 160 cm³/mol. The van der Waals surface area contributed by atoms with Crippen LogP contribution in [-0.2, 0) is 42.9 Å². The minimum atomic E-state index is -2.14. The lowest BCUT2D eigenvalue weighted by Gasteiger charge is -2.65. The van der Waals surface area contributed by atoms with Crippen LogP contribution in [-0.4, -0.2) is 104 Å². The molecule has 0 aromatic rings. The van der Waals surface area contributed by atoms with E-state index < -0.39 is 129 Å². The topological polar surface area (TPSA) is 202 Å². The molecule has 8 aliphatic rings. The molecule has 5 saturated carbocycles. The lowest BCUT2D eigenvalue weighted by Crippen LogP contribution is -2.77. The number of fused-ring (bicyclic) bond motifs is 9. The molecule has 19 atom stereocenters. The summed E-state index contributed by atoms with van der Waals surface area (Å²) in [5, 5.41) is 48.8. The van der Waals surface area contributed by atoms with Crippen LogP contribution in [0.3, 0.4) is 0 Å². The maximum Gasteiger partial charge on any atom is 0.341 e. The Morgan fingerprint density at radius 1 is 1.02 bits per heavy atom. The zero-order valence-electron chi connectivity index (χ0n) is 28.7. The van der Waals surface area contributed by atoms with E-state index in [-0.39, 0.29) is 31.1 Å². The van der Waals surface area contributed by atoms with E-state index in [1.165, 1.54) is 13.8 Å². The van der Waals surface area contributed by atoms with Crippen molar-refractivity contribution >= 4 is 23.7 Å². The number of esters is 3. The van der Waals surface area contributed by atoms with Crippen LogP contribution in [0.25, 0.3) is 0 Å². The largest absolute Gasteiger partial charge is 0.462 e. The van der Waals surface area contributed by atoms with Crippen molar-refractivity contribution in [3.63, 3.8) is 0 Å². The summed E-state index contributed by atoms with van der Waals surface area (Å²) in [6.45, 7) is 13.5. The first-order valence-electron chi connectivity index (χ1n) is 17.4. The van der Waals surface area contributed by atoms with Crippen LogP contribution < -0.4 is 0 Å². The molecular formula is C35H48O13. The maximum absolute atomic E-state index is 14.5. The monoisotopic (exact) mass is 676 g/mol. The summed E-state index contributed by atoms with van der Waals surface area (Å²) in [6, 6.07) is 0. The molecule has 3 heterocycles. The predicted octanol–water partition coefficient (Wildman–Crippen LogP) is 0.653. The normalized spacial score (nSPS) is 59.9. The van der Waals surface area contributed by atoms with Gasteiger partial charge in [0.2, 0.25) is 5.79 Å². The number of aliphatic hydroxyl groups excluding tert-OH is 2. The average Bonchev–Trinajstić information content (AvgIpc) is 3.88. The lowest BCUT2D eigenvalue weighted by molar-refractivity contribution is -0.266. The highest BCUT2D eigenvalue weighted by molar-refractivity contribution is 5.94. The van der Waals surface area contributed by atoms with Gasteiger partial charge in [-0.25, -0.2) is 4.79 Å². The number of rotatable bonds is 4. The number of hydrogen-bond acceptors (Lipinski definition) is 13. The highest BCUT2D eigenvalue weighted by Crippen LogP contribution is 2.80. The third kappa shape index (κ3) is 3.40. The number of aliphatic hydroxyl groups is 4. The van der Waals surface area contributed by atoms with Gasteiger partial charge < -0.3 is 44.1 Å². The molecule has 5 aliphatic carbocycles. The number of carbonyl (C=O) groups is 4. The zero-order valence-corrected chi connectivity index (χ0v) is 28.7. The third-order valence-corrected chi connectivity index (χ3v) is 15.2. The van der Waals surface area contributed by atoms with Crippen LogP contribution in [0, 0.1) is 57.7 Å². The Morgan fingerprint density at radius 2 is 1.69 bits per heavy atom. The van der Waals surface area contributed by atoms with E-state index in [1.54, 1.807) is 13.8 Å². The molecular weight excluding hydrogens is 628 g/mol. The van der Waals surface area contributed by atoms with Crippen molar-refractivity contribution in [1.29, 1.82) is 0 Å². The molecule has 3 aliphatic heterocycles. The Labute approximate surface area is 278 Å². The van der Waals surface area contributed by atoms with E-state index >= 15 is 0 Å². The summed E-state index contributed by atoms with van der Waals surface area (Å²) in [6.07, 6.45) is -6.69. The zero-order chi connectivity index (χ0) is 35.0. The molecule has 0 radical (unpaired) electrons. The molecule has 48 heavy (non-hydrogen) atoms. The highest BCUT2D eigenvalue weighted by atomic mass is 16.8. The maximum atomic E-state index is 14.5. The molecule has 2 unspecified atom stereocenters. The van der Waals surface area contributed by atoms with Crippen LogP contribution in [0.2, 0.25) is 0 Å². The number of carbonyl (C=O) groups excluding carboxylic acids is 4. The van der Waals surface area contributed by atoms with Gasteiger partial charge in [-0.3, -0.25) is 14.4 Å². The van der Waals surface area contributed by atoms with Crippen molar-refractivity contribution in [2.24, 2.45) is 57.7 Å². The summed E-state index contributed by atoms with van der Waals surface area (Å²) in [4.78, 5) is 53.9. The van der Waals surface area contributed by atoms with Crippen molar-refractivity contribution in [2.75, 3.05) is 0 Å². The van der Waals surface area contributed by atoms with Crippen molar-refractivity contribution < 1.29 is 63.3 Å². The summed E-state index contributed by atoms with van der Waals surface area (Å²) >= 11 is 0. The van der Waals surface area contributed by atoms with Gasteiger partial charge in [0.15, 0.2) is 11.4 Å². The molecule has 0 aromatic heterocycles. The second kappa shape index (κ2) is 9.38. The van der Waals surface area contributed by atoms with Crippen molar-refractivity contribution in [1.82, 2.24) is 0 Å². The fourth-order valence-electron chi connectivity index (χ4n) is 12.8. The molecule has 0 bridgehead atoms. The number of epoxide rings is 2. The van der Waals surface area contributed by atoms with Gasteiger partial charge in [0.1, 0.15) is 36.1 Å². The van der Waals surface area contributed by atoms with E-state index in [4.69, 9.17) is 23.7 Å². The van der Waals surface area contributed by atoms with Gasteiger partial charge in [0, 0.05) is 48.3 Å². The van der Waals surface area contributed by atoms with Crippen molar-refractivity contribution in [3.05, 3.63) is 0 Å². The van der Waals surface area contributed by atoms with E-state index in [2.05, 4.69) is 0 Å². The second-order valence-electron chi connectivity index (χ2n) is 17.5. The Bertz CT molecular complexity index is 1510. The molecule has 13 heteroatoms. The number of ketones is 1. The van der Waals surface area contributed by atoms with Gasteiger partial charge in [0.05, 0.1) is 17.6 Å². The second-order valence-corrected chi connectivity index (χ2v) is 17.5. The van der Waals surface area contributed by atoms with Crippen molar-refractivity contribution in [3.8, 4) is 0 Å². The quantitative estimate of drug-likeness (QED) is 0.184. The molecule has 8 fully saturated rings. The number of ether oxygens (including phenoxy) is 5. The summed E-state index contributed by atoms with van der Waals surface area (Å²) < 4.78 is 30.2. The van der Waals surface area contributed by atoms with Gasteiger partial charge in [-0.2, -0.15) is 0 Å². The molecule has 266 valence electrons. The van der Waals surface area contributed by atoms with Crippen LogP contribution in [0.1, 0.15) is 74.7 Å². The first-order valence-corrected chi connectivity index (χ1v) is 17.4. The fraction of sp³-hybridized carbons (Fsp3) is 0.886. The summed E-state index contributed by atoms with van der Waals surface area (Å²) in [5.74, 6) is -8.67. The Balaban J connectivity index is 1.30. The molecule has 4 N–H and O–H groups in total. The Kier molecular flexibility index (Phi) is 6.45. The molecule has 0 amide bonds. The fourth-order valence-corrected chi connectivity index (χ4v) is 12.8. The Morgan fingerprint density at radius 3 is 2.31 bits per heavy atom. The van der Waals surface area contributed by atoms with Gasteiger partial charge in [-0.1, -0.05) is 34.6 Å².